The molecule has 2 aromatic rings. The Labute approximate surface area is 133 Å². The van der Waals surface area contributed by atoms with Crippen molar-refractivity contribution in [2.45, 2.75) is 46.6 Å². The Morgan fingerprint density at radius 1 is 1.24 bits per heavy atom. The van der Waals surface area contributed by atoms with Crippen LogP contribution in [-0.4, -0.2) is 27.8 Å². The predicted octanol–water partition coefficient (Wildman–Crippen LogP) is 4.17. The van der Waals surface area contributed by atoms with Crippen molar-refractivity contribution in [3.05, 3.63) is 31.7 Å². The van der Waals surface area contributed by atoms with Gasteiger partial charge in [0, 0.05) is 17.8 Å². The van der Waals surface area contributed by atoms with E-state index < -0.39 is 0 Å². The number of hydrogen-bond acceptors (Lipinski definition) is 5. The third-order valence-corrected chi connectivity index (χ3v) is 6.11. The van der Waals surface area contributed by atoms with Crippen LogP contribution in [0.1, 0.15) is 63.7 Å². The van der Waals surface area contributed by atoms with Gasteiger partial charge in [-0.2, -0.15) is 0 Å². The molecule has 0 aliphatic heterocycles. The fraction of sp³-hybridized carbons (Fsp3) is 0.533. The summed E-state index contributed by atoms with van der Waals surface area (Å²) in [7, 11) is 1.85. The first-order valence-corrected chi connectivity index (χ1v) is 8.67. The van der Waals surface area contributed by atoms with Gasteiger partial charge in [0.05, 0.1) is 27.9 Å². The maximum absolute atomic E-state index is 12.6. The number of carbonyl (C=O) groups excluding carboxylic acids is 1. The maximum Gasteiger partial charge on any atom is 0.266 e. The molecule has 4 nitrogen and oxygen atoms in total. The van der Waals surface area contributed by atoms with E-state index in [1.54, 1.807) is 21.7 Å². The Morgan fingerprint density at radius 2 is 1.90 bits per heavy atom. The first-order chi connectivity index (χ1) is 9.82. The number of nitrogens with zero attached hydrogens (tertiary/aromatic N) is 3. The molecule has 0 saturated carbocycles. The number of aromatic nitrogens is 2. The van der Waals surface area contributed by atoms with E-state index >= 15 is 0 Å². The number of aryl methyl sites for hydroxylation is 2. The molecule has 6 heteroatoms. The molecule has 0 aliphatic rings. The van der Waals surface area contributed by atoms with Crippen molar-refractivity contribution in [1.29, 1.82) is 0 Å². The number of rotatable bonds is 4. The highest BCUT2D eigenvalue weighted by Crippen LogP contribution is 2.32. The Hall–Kier alpha value is -1.27. The third-order valence-electron chi connectivity index (χ3n) is 3.56. The van der Waals surface area contributed by atoms with Crippen molar-refractivity contribution in [2.75, 3.05) is 7.05 Å². The quantitative estimate of drug-likeness (QED) is 0.848. The molecule has 0 aromatic carbocycles. The molecule has 0 unspecified atom stereocenters. The SMILES string of the molecule is Cc1ncsc1C(=O)N(C)[C@H](C)c1sc(C(C)C)nc1C. The van der Waals surface area contributed by atoms with E-state index in [4.69, 9.17) is 0 Å². The van der Waals surface area contributed by atoms with Crippen LogP contribution in [0, 0.1) is 13.8 Å². The molecule has 2 heterocycles. The van der Waals surface area contributed by atoms with Gasteiger partial charge in [-0.25, -0.2) is 9.97 Å². The van der Waals surface area contributed by atoms with Gasteiger partial charge < -0.3 is 4.90 Å². The second-order valence-electron chi connectivity index (χ2n) is 5.52. The average Bonchev–Trinajstić information content (AvgIpc) is 3.02. The standard InChI is InChI=1S/C15H21N3OS2/c1-8(2)14-17-10(4)12(21-14)11(5)18(6)15(19)13-9(3)16-7-20-13/h7-8,11H,1-6H3/t11-/m1/s1. The monoisotopic (exact) mass is 323 g/mol. The van der Waals surface area contributed by atoms with Gasteiger partial charge in [0.1, 0.15) is 4.88 Å². The van der Waals surface area contributed by atoms with Gasteiger partial charge in [0.25, 0.3) is 5.91 Å². The Morgan fingerprint density at radius 3 is 2.38 bits per heavy atom. The van der Waals surface area contributed by atoms with Crippen LogP contribution in [0.2, 0.25) is 0 Å². The van der Waals surface area contributed by atoms with E-state index in [0.29, 0.717) is 5.92 Å². The van der Waals surface area contributed by atoms with Crippen LogP contribution < -0.4 is 0 Å². The molecular weight excluding hydrogens is 302 g/mol. The van der Waals surface area contributed by atoms with E-state index in [1.165, 1.54) is 11.3 Å². The van der Waals surface area contributed by atoms with Crippen molar-refractivity contribution in [1.82, 2.24) is 14.9 Å². The molecular formula is C15H21N3OS2. The fourth-order valence-corrected chi connectivity index (χ4v) is 4.03. The summed E-state index contributed by atoms with van der Waals surface area (Å²) in [6.07, 6.45) is 0. The number of hydrogen-bond donors (Lipinski definition) is 0. The molecule has 1 atom stereocenters. The zero-order valence-electron chi connectivity index (χ0n) is 13.3. The van der Waals surface area contributed by atoms with Crippen LogP contribution >= 0.6 is 22.7 Å². The summed E-state index contributed by atoms with van der Waals surface area (Å²) in [4.78, 5) is 25.0. The van der Waals surface area contributed by atoms with Gasteiger partial charge in [-0.05, 0) is 20.8 Å². The molecule has 2 aromatic heterocycles. The fourth-order valence-electron chi connectivity index (χ4n) is 2.08. The molecule has 0 bridgehead atoms. The molecule has 0 radical (unpaired) electrons. The number of carbonyl (C=O) groups is 1. The van der Waals surface area contributed by atoms with Crippen LogP contribution in [0.4, 0.5) is 0 Å². The lowest BCUT2D eigenvalue weighted by molar-refractivity contribution is 0.0748. The first kappa shape index (κ1) is 16.1. The smallest absolute Gasteiger partial charge is 0.266 e. The Bertz CT molecular complexity index is 645. The van der Waals surface area contributed by atoms with Crippen molar-refractivity contribution in [3.8, 4) is 0 Å². The van der Waals surface area contributed by atoms with Gasteiger partial charge in [-0.3, -0.25) is 4.79 Å². The summed E-state index contributed by atoms with van der Waals surface area (Å²) < 4.78 is 0. The van der Waals surface area contributed by atoms with E-state index in [0.717, 1.165) is 26.1 Å². The molecule has 2 rings (SSSR count). The highest BCUT2D eigenvalue weighted by Gasteiger charge is 2.25. The zero-order chi connectivity index (χ0) is 15.7. The molecule has 0 spiro atoms. The number of amides is 1. The van der Waals surface area contributed by atoms with Gasteiger partial charge in [-0.1, -0.05) is 13.8 Å². The summed E-state index contributed by atoms with van der Waals surface area (Å²) in [6, 6.07) is 0.0176. The second kappa shape index (κ2) is 6.23. The van der Waals surface area contributed by atoms with Crippen LogP contribution in [0.15, 0.2) is 5.51 Å². The lowest BCUT2D eigenvalue weighted by Crippen LogP contribution is -2.29. The molecule has 21 heavy (non-hydrogen) atoms. The number of thiazole rings is 2. The minimum Gasteiger partial charge on any atom is -0.333 e. The Kier molecular flexibility index (Phi) is 4.78. The van der Waals surface area contributed by atoms with Crippen molar-refractivity contribution < 1.29 is 4.79 Å². The molecule has 114 valence electrons. The molecule has 0 N–H and O–H groups in total. The van der Waals surface area contributed by atoms with Gasteiger partial charge in [0.15, 0.2) is 0 Å². The second-order valence-corrected chi connectivity index (χ2v) is 7.43. The zero-order valence-corrected chi connectivity index (χ0v) is 14.9. The summed E-state index contributed by atoms with van der Waals surface area (Å²) in [5, 5.41) is 1.13. The maximum atomic E-state index is 12.6. The lowest BCUT2D eigenvalue weighted by Gasteiger charge is -2.24. The van der Waals surface area contributed by atoms with Crippen molar-refractivity contribution >= 4 is 28.6 Å². The molecule has 1 amide bonds. The largest absolute Gasteiger partial charge is 0.333 e. The third kappa shape index (κ3) is 3.16. The van der Waals surface area contributed by atoms with Gasteiger partial charge >= 0.3 is 0 Å². The van der Waals surface area contributed by atoms with Crippen LogP contribution in [0.25, 0.3) is 0 Å². The summed E-state index contributed by atoms with van der Waals surface area (Å²) in [5.74, 6) is 0.445. The summed E-state index contributed by atoms with van der Waals surface area (Å²) in [5.41, 5.74) is 3.54. The van der Waals surface area contributed by atoms with Gasteiger partial charge in [0.2, 0.25) is 0 Å². The van der Waals surface area contributed by atoms with E-state index in [9.17, 15) is 4.79 Å². The predicted molar refractivity (Wildman–Crippen MR) is 88.3 cm³/mol. The van der Waals surface area contributed by atoms with Crippen molar-refractivity contribution in [2.24, 2.45) is 0 Å². The van der Waals surface area contributed by atoms with E-state index in [1.807, 2.05) is 20.9 Å². The average molecular weight is 323 g/mol. The van der Waals surface area contributed by atoms with Crippen LogP contribution in [-0.2, 0) is 0 Å². The highest BCUT2D eigenvalue weighted by atomic mass is 32.1. The highest BCUT2D eigenvalue weighted by molar-refractivity contribution is 7.12. The first-order valence-electron chi connectivity index (χ1n) is 6.97. The summed E-state index contributed by atoms with van der Waals surface area (Å²) >= 11 is 3.10. The van der Waals surface area contributed by atoms with Crippen molar-refractivity contribution in [3.63, 3.8) is 0 Å². The van der Waals surface area contributed by atoms with Crippen LogP contribution in [0.3, 0.4) is 0 Å². The van der Waals surface area contributed by atoms with E-state index in [-0.39, 0.29) is 11.9 Å². The lowest BCUT2D eigenvalue weighted by atomic mass is 10.2. The summed E-state index contributed by atoms with van der Waals surface area (Å²) in [6.45, 7) is 10.2. The van der Waals surface area contributed by atoms with Gasteiger partial charge in [-0.15, -0.1) is 22.7 Å². The topological polar surface area (TPSA) is 46.1 Å². The molecule has 0 saturated heterocycles. The minimum absolute atomic E-state index is 0.0176. The Balaban J connectivity index is 2.25. The normalized spacial score (nSPS) is 12.7. The van der Waals surface area contributed by atoms with Crippen LogP contribution in [0.5, 0.6) is 0 Å². The molecule has 0 aliphatic carbocycles. The minimum atomic E-state index is 0.0176. The van der Waals surface area contributed by atoms with E-state index in [2.05, 4.69) is 30.7 Å². The molecule has 0 fully saturated rings.